The van der Waals surface area contributed by atoms with Gasteiger partial charge in [-0.25, -0.2) is 0 Å². The van der Waals surface area contributed by atoms with Crippen molar-refractivity contribution in [2.45, 2.75) is 13.0 Å². The van der Waals surface area contributed by atoms with E-state index in [0.29, 0.717) is 12.3 Å². The lowest BCUT2D eigenvalue weighted by atomic mass is 10.00. The normalized spacial score (nSPS) is 14.0. The van der Waals surface area contributed by atoms with Gasteiger partial charge in [-0.15, -0.1) is 0 Å². The Labute approximate surface area is 141 Å². The summed E-state index contributed by atoms with van der Waals surface area (Å²) in [6.45, 7) is 3.25. The molecule has 0 aliphatic carbocycles. The van der Waals surface area contributed by atoms with Gasteiger partial charge in [-0.05, 0) is 29.7 Å². The van der Waals surface area contributed by atoms with Gasteiger partial charge in [0.1, 0.15) is 11.5 Å². The molecular weight excluding hydrogens is 304 g/mol. The van der Waals surface area contributed by atoms with Crippen LogP contribution < -0.4 is 10.1 Å². The highest BCUT2D eigenvalue weighted by molar-refractivity contribution is 5.96. The van der Waals surface area contributed by atoms with Gasteiger partial charge in [-0.3, -0.25) is 9.69 Å². The molecule has 0 aromatic heterocycles. The minimum atomic E-state index is -0.271. The largest absolute Gasteiger partial charge is 0.507 e. The quantitative estimate of drug-likeness (QED) is 0.884. The van der Waals surface area contributed by atoms with Crippen molar-refractivity contribution in [3.05, 3.63) is 59.2 Å². The Hall–Kier alpha value is -2.53. The van der Waals surface area contributed by atoms with E-state index in [2.05, 4.69) is 34.5 Å². The van der Waals surface area contributed by atoms with Gasteiger partial charge >= 0.3 is 0 Å². The molecule has 0 saturated heterocycles. The summed E-state index contributed by atoms with van der Waals surface area (Å²) in [5, 5.41) is 12.8. The zero-order valence-corrected chi connectivity index (χ0v) is 13.8. The van der Waals surface area contributed by atoms with Crippen molar-refractivity contribution in [3.8, 4) is 11.5 Å². The second-order valence-electron chi connectivity index (χ2n) is 5.93. The van der Waals surface area contributed by atoms with Crippen molar-refractivity contribution in [2.24, 2.45) is 0 Å². The van der Waals surface area contributed by atoms with Crippen molar-refractivity contribution >= 4 is 5.91 Å². The third kappa shape index (κ3) is 3.68. The highest BCUT2D eigenvalue weighted by Gasteiger charge is 2.16. The number of hydrogen-bond donors (Lipinski definition) is 2. The van der Waals surface area contributed by atoms with Gasteiger partial charge in [0.25, 0.3) is 5.91 Å². The molecule has 5 heteroatoms. The predicted molar refractivity (Wildman–Crippen MR) is 92.4 cm³/mol. The third-order valence-electron chi connectivity index (χ3n) is 4.37. The molecule has 0 saturated carbocycles. The maximum Gasteiger partial charge on any atom is 0.255 e. The zero-order chi connectivity index (χ0) is 16.9. The van der Waals surface area contributed by atoms with Crippen LogP contribution in [0.1, 0.15) is 21.5 Å². The minimum absolute atomic E-state index is 0.0706. The van der Waals surface area contributed by atoms with Crippen LogP contribution in [0.5, 0.6) is 11.5 Å². The molecule has 24 heavy (non-hydrogen) atoms. The van der Waals surface area contributed by atoms with Crippen molar-refractivity contribution in [1.82, 2.24) is 10.2 Å². The number of hydrogen-bond acceptors (Lipinski definition) is 4. The van der Waals surface area contributed by atoms with E-state index in [1.165, 1.54) is 24.3 Å². The maximum atomic E-state index is 12.2. The lowest BCUT2D eigenvalue weighted by Crippen LogP contribution is -2.37. The van der Waals surface area contributed by atoms with Gasteiger partial charge < -0.3 is 15.2 Å². The van der Waals surface area contributed by atoms with E-state index in [0.717, 1.165) is 26.1 Å². The summed E-state index contributed by atoms with van der Waals surface area (Å²) in [4.78, 5) is 14.5. The molecule has 0 fully saturated rings. The maximum absolute atomic E-state index is 12.2. The Morgan fingerprint density at radius 3 is 2.79 bits per heavy atom. The van der Waals surface area contributed by atoms with Crippen molar-refractivity contribution in [2.75, 3.05) is 26.7 Å². The molecule has 2 aromatic rings. The van der Waals surface area contributed by atoms with Crippen molar-refractivity contribution in [1.29, 1.82) is 0 Å². The van der Waals surface area contributed by atoms with Crippen LogP contribution >= 0.6 is 0 Å². The number of carbonyl (C=O) groups is 1. The van der Waals surface area contributed by atoms with Crippen LogP contribution in [0.25, 0.3) is 0 Å². The number of fused-ring (bicyclic) bond motifs is 1. The molecule has 126 valence electrons. The van der Waals surface area contributed by atoms with Gasteiger partial charge in [0, 0.05) is 32.2 Å². The van der Waals surface area contributed by atoms with Gasteiger partial charge in [-0.2, -0.15) is 0 Å². The summed E-state index contributed by atoms with van der Waals surface area (Å²) in [5.74, 6) is 0.183. The molecule has 1 aliphatic heterocycles. The predicted octanol–water partition coefficient (Wildman–Crippen LogP) is 2.19. The van der Waals surface area contributed by atoms with E-state index in [9.17, 15) is 9.90 Å². The monoisotopic (exact) mass is 326 g/mol. The number of phenols is 1. The van der Waals surface area contributed by atoms with Crippen LogP contribution in [0, 0.1) is 0 Å². The topological polar surface area (TPSA) is 61.8 Å². The number of methoxy groups -OCH3 is 1. The molecule has 0 radical (unpaired) electrons. The molecule has 0 atom stereocenters. The number of nitrogens with one attached hydrogen (secondary N) is 1. The van der Waals surface area contributed by atoms with Gasteiger partial charge in [0.2, 0.25) is 0 Å². The lowest BCUT2D eigenvalue weighted by Gasteiger charge is -2.28. The summed E-state index contributed by atoms with van der Waals surface area (Å²) < 4.78 is 5.02. The summed E-state index contributed by atoms with van der Waals surface area (Å²) in [5.41, 5.74) is 3.05. The van der Waals surface area contributed by atoms with Crippen LogP contribution in [0.2, 0.25) is 0 Å². The second-order valence-corrected chi connectivity index (χ2v) is 5.93. The molecule has 0 bridgehead atoms. The standard InChI is InChI=1S/C19H22N2O3/c1-24-16-6-7-17(18(22)12-16)19(23)20-9-11-21-10-8-14-4-2-3-5-15(14)13-21/h2-7,12,22H,8-11,13H2,1H3,(H,20,23). The van der Waals surface area contributed by atoms with Gasteiger partial charge in [0.05, 0.1) is 12.7 Å². The number of benzene rings is 2. The summed E-state index contributed by atoms with van der Waals surface area (Å²) >= 11 is 0. The number of carbonyl (C=O) groups excluding carboxylic acids is 1. The van der Waals surface area contributed by atoms with Crippen LogP contribution in [-0.2, 0) is 13.0 Å². The number of rotatable bonds is 5. The van der Waals surface area contributed by atoms with Gasteiger partial charge in [0.15, 0.2) is 0 Å². The molecular formula is C19H22N2O3. The SMILES string of the molecule is COc1ccc(C(=O)NCCN2CCc3ccccc3C2)c(O)c1. The number of aromatic hydroxyl groups is 1. The number of ether oxygens (including phenoxy) is 1. The van der Waals surface area contributed by atoms with Gasteiger partial charge in [-0.1, -0.05) is 24.3 Å². The average Bonchev–Trinajstić information content (AvgIpc) is 2.61. The Bertz CT molecular complexity index is 730. The first kappa shape index (κ1) is 16.3. The molecule has 1 amide bonds. The lowest BCUT2D eigenvalue weighted by molar-refractivity contribution is 0.0944. The molecule has 2 N–H and O–H groups in total. The number of phenolic OH excluding ortho intramolecular Hbond substituents is 1. The van der Waals surface area contributed by atoms with E-state index in [1.807, 2.05) is 0 Å². The first-order chi connectivity index (χ1) is 11.7. The fourth-order valence-corrected chi connectivity index (χ4v) is 3.00. The first-order valence-electron chi connectivity index (χ1n) is 8.11. The van der Waals surface area contributed by atoms with Crippen molar-refractivity contribution < 1.29 is 14.6 Å². The third-order valence-corrected chi connectivity index (χ3v) is 4.37. The average molecular weight is 326 g/mol. The van der Waals surface area contributed by atoms with E-state index < -0.39 is 0 Å². The molecule has 1 aliphatic rings. The molecule has 1 heterocycles. The highest BCUT2D eigenvalue weighted by Crippen LogP contribution is 2.23. The molecule has 0 unspecified atom stereocenters. The Balaban J connectivity index is 1.51. The van der Waals surface area contributed by atoms with Crippen molar-refractivity contribution in [3.63, 3.8) is 0 Å². The minimum Gasteiger partial charge on any atom is -0.507 e. The fraction of sp³-hybridized carbons (Fsp3) is 0.316. The Morgan fingerprint density at radius 2 is 2.04 bits per heavy atom. The van der Waals surface area contributed by atoms with E-state index in [1.54, 1.807) is 12.1 Å². The van der Waals surface area contributed by atoms with Crippen LogP contribution in [0.15, 0.2) is 42.5 Å². The van der Waals surface area contributed by atoms with Crippen LogP contribution in [0.3, 0.4) is 0 Å². The van der Waals surface area contributed by atoms with E-state index in [4.69, 9.17) is 4.74 Å². The molecule has 0 spiro atoms. The summed E-state index contributed by atoms with van der Waals surface area (Å²) in [6.07, 6.45) is 1.05. The summed E-state index contributed by atoms with van der Waals surface area (Å²) in [7, 11) is 1.52. The van der Waals surface area contributed by atoms with E-state index in [-0.39, 0.29) is 17.2 Å². The molecule has 2 aromatic carbocycles. The summed E-state index contributed by atoms with van der Waals surface area (Å²) in [6, 6.07) is 13.2. The molecule has 3 rings (SSSR count). The number of amides is 1. The fourth-order valence-electron chi connectivity index (χ4n) is 3.00. The second kappa shape index (κ2) is 7.36. The Kier molecular flexibility index (Phi) is 5.01. The number of nitrogens with zero attached hydrogens (tertiary/aromatic N) is 1. The van der Waals surface area contributed by atoms with E-state index >= 15 is 0 Å². The van der Waals surface area contributed by atoms with Crippen LogP contribution in [-0.4, -0.2) is 42.7 Å². The zero-order valence-electron chi connectivity index (χ0n) is 13.8. The Morgan fingerprint density at radius 1 is 1.25 bits per heavy atom. The molecule has 5 nitrogen and oxygen atoms in total. The highest BCUT2D eigenvalue weighted by atomic mass is 16.5. The smallest absolute Gasteiger partial charge is 0.255 e. The first-order valence-corrected chi connectivity index (χ1v) is 8.11. The van der Waals surface area contributed by atoms with Crippen LogP contribution in [0.4, 0.5) is 0 Å².